The first-order valence-electron chi connectivity index (χ1n) is 4.33. The molecule has 0 saturated carbocycles. The van der Waals surface area contributed by atoms with Gasteiger partial charge >= 0.3 is 0 Å². The van der Waals surface area contributed by atoms with Gasteiger partial charge in [0.15, 0.2) is 0 Å². The Kier molecular flexibility index (Phi) is 3.48. The van der Waals surface area contributed by atoms with E-state index in [4.69, 9.17) is 6.42 Å². The van der Waals surface area contributed by atoms with Gasteiger partial charge in [-0.3, -0.25) is 10.3 Å². The van der Waals surface area contributed by atoms with Gasteiger partial charge in [0.1, 0.15) is 0 Å². The Bertz CT molecular complexity index is 312. The van der Waals surface area contributed by atoms with Crippen molar-refractivity contribution in [3.63, 3.8) is 0 Å². The Morgan fingerprint density at radius 1 is 1.69 bits per heavy atom. The van der Waals surface area contributed by atoms with Crippen molar-refractivity contribution >= 4 is 0 Å². The summed E-state index contributed by atoms with van der Waals surface area (Å²) in [5.41, 5.74) is 2.44. The Morgan fingerprint density at radius 2 is 2.46 bits per heavy atom. The molecule has 0 radical (unpaired) electrons. The molecular weight excluding hydrogens is 160 g/mol. The second kappa shape index (κ2) is 4.64. The molecule has 1 atom stereocenters. The lowest BCUT2D eigenvalue weighted by Gasteiger charge is -2.08. The summed E-state index contributed by atoms with van der Waals surface area (Å²) in [6.45, 7) is 4.82. The number of hydrogen-bond acceptors (Lipinski definition) is 2. The van der Waals surface area contributed by atoms with Crippen LogP contribution in [0.4, 0.5) is 0 Å². The Labute approximate surface area is 79.4 Å². The third kappa shape index (κ3) is 2.89. The quantitative estimate of drug-likeness (QED) is 0.702. The van der Waals surface area contributed by atoms with Gasteiger partial charge in [-0.25, -0.2) is 0 Å². The molecule has 13 heavy (non-hydrogen) atoms. The van der Waals surface area contributed by atoms with Gasteiger partial charge in [-0.05, 0) is 31.0 Å². The van der Waals surface area contributed by atoms with Crippen molar-refractivity contribution in [2.45, 2.75) is 26.4 Å². The standard InChI is InChI=1S/C11H14N2/c1-4-10(3)13-8-11-7-12-6-5-9(11)2/h1,5-7,10,13H,8H2,2-3H3. The number of nitrogens with one attached hydrogen (secondary N) is 1. The first kappa shape index (κ1) is 9.76. The van der Waals surface area contributed by atoms with E-state index in [1.54, 1.807) is 6.20 Å². The number of hydrogen-bond donors (Lipinski definition) is 1. The number of aromatic nitrogens is 1. The maximum atomic E-state index is 5.25. The van der Waals surface area contributed by atoms with Gasteiger partial charge in [-0.15, -0.1) is 6.42 Å². The molecule has 2 heteroatoms. The van der Waals surface area contributed by atoms with Crippen LogP contribution in [0.25, 0.3) is 0 Å². The van der Waals surface area contributed by atoms with Crippen molar-refractivity contribution < 1.29 is 0 Å². The van der Waals surface area contributed by atoms with Crippen LogP contribution in [-0.2, 0) is 6.54 Å². The summed E-state index contributed by atoms with van der Waals surface area (Å²) in [6, 6.07) is 2.11. The number of nitrogens with zero attached hydrogens (tertiary/aromatic N) is 1. The van der Waals surface area contributed by atoms with E-state index in [1.807, 2.05) is 19.2 Å². The third-order valence-electron chi connectivity index (χ3n) is 2.00. The van der Waals surface area contributed by atoms with Crippen LogP contribution in [0.5, 0.6) is 0 Å². The summed E-state index contributed by atoms with van der Waals surface area (Å²) < 4.78 is 0. The van der Waals surface area contributed by atoms with Crippen LogP contribution < -0.4 is 5.32 Å². The Morgan fingerprint density at radius 3 is 3.08 bits per heavy atom. The summed E-state index contributed by atoms with van der Waals surface area (Å²) in [4.78, 5) is 4.06. The molecule has 1 unspecified atom stereocenters. The van der Waals surface area contributed by atoms with Crippen LogP contribution in [0.1, 0.15) is 18.1 Å². The smallest absolute Gasteiger partial charge is 0.0660 e. The van der Waals surface area contributed by atoms with Crippen LogP contribution in [0, 0.1) is 19.3 Å². The minimum Gasteiger partial charge on any atom is -0.300 e. The maximum absolute atomic E-state index is 5.25. The monoisotopic (exact) mass is 174 g/mol. The summed E-state index contributed by atoms with van der Waals surface area (Å²) in [5, 5.41) is 3.21. The fourth-order valence-corrected chi connectivity index (χ4v) is 1.00. The minimum absolute atomic E-state index is 0.111. The van der Waals surface area contributed by atoms with Crippen LogP contribution in [-0.4, -0.2) is 11.0 Å². The lowest BCUT2D eigenvalue weighted by molar-refractivity contribution is 0.644. The fourth-order valence-electron chi connectivity index (χ4n) is 1.00. The molecule has 1 N–H and O–H groups in total. The third-order valence-corrected chi connectivity index (χ3v) is 2.00. The van der Waals surface area contributed by atoms with Gasteiger partial charge in [0.25, 0.3) is 0 Å². The number of aryl methyl sites for hydroxylation is 1. The minimum atomic E-state index is 0.111. The van der Waals surface area contributed by atoms with Crippen molar-refractivity contribution in [2.75, 3.05) is 0 Å². The highest BCUT2D eigenvalue weighted by molar-refractivity contribution is 5.21. The van der Waals surface area contributed by atoms with Gasteiger partial charge in [0.2, 0.25) is 0 Å². The number of pyridine rings is 1. The van der Waals surface area contributed by atoms with Gasteiger partial charge in [0.05, 0.1) is 6.04 Å². The van der Waals surface area contributed by atoms with E-state index >= 15 is 0 Å². The van der Waals surface area contributed by atoms with E-state index in [0.29, 0.717) is 0 Å². The summed E-state index contributed by atoms with van der Waals surface area (Å²) >= 11 is 0. The zero-order valence-electron chi connectivity index (χ0n) is 8.04. The normalized spacial score (nSPS) is 12.1. The van der Waals surface area contributed by atoms with Crippen molar-refractivity contribution in [3.05, 3.63) is 29.6 Å². The van der Waals surface area contributed by atoms with E-state index < -0.39 is 0 Å². The van der Waals surface area contributed by atoms with E-state index in [1.165, 1.54) is 11.1 Å². The molecular formula is C11H14N2. The molecule has 0 saturated heterocycles. The molecule has 0 aliphatic carbocycles. The van der Waals surface area contributed by atoms with Crippen molar-refractivity contribution in [2.24, 2.45) is 0 Å². The largest absolute Gasteiger partial charge is 0.300 e. The molecule has 0 bridgehead atoms. The van der Waals surface area contributed by atoms with Crippen molar-refractivity contribution in [3.8, 4) is 12.3 Å². The summed E-state index contributed by atoms with van der Waals surface area (Å²) in [7, 11) is 0. The zero-order chi connectivity index (χ0) is 9.68. The number of terminal acetylenes is 1. The van der Waals surface area contributed by atoms with Crippen LogP contribution >= 0.6 is 0 Å². The summed E-state index contributed by atoms with van der Waals surface area (Å²) in [6.07, 6.45) is 8.91. The van der Waals surface area contributed by atoms with Crippen LogP contribution in [0.2, 0.25) is 0 Å². The first-order chi connectivity index (χ1) is 6.24. The highest BCUT2D eigenvalue weighted by Gasteiger charge is 1.99. The average Bonchev–Trinajstić information content (AvgIpc) is 2.16. The molecule has 0 aromatic carbocycles. The van der Waals surface area contributed by atoms with E-state index in [-0.39, 0.29) is 6.04 Å². The summed E-state index contributed by atoms with van der Waals surface area (Å²) in [5.74, 6) is 2.62. The molecule has 68 valence electrons. The van der Waals surface area contributed by atoms with Gasteiger partial charge < -0.3 is 0 Å². The Hall–Kier alpha value is -1.33. The fraction of sp³-hybridized carbons (Fsp3) is 0.364. The predicted molar refractivity (Wildman–Crippen MR) is 54.1 cm³/mol. The molecule has 0 fully saturated rings. The van der Waals surface area contributed by atoms with E-state index in [9.17, 15) is 0 Å². The molecule has 2 nitrogen and oxygen atoms in total. The second-order valence-corrected chi connectivity index (χ2v) is 3.07. The zero-order valence-corrected chi connectivity index (χ0v) is 8.04. The van der Waals surface area contributed by atoms with Crippen molar-refractivity contribution in [1.82, 2.24) is 10.3 Å². The molecule has 0 spiro atoms. The van der Waals surface area contributed by atoms with Crippen molar-refractivity contribution in [1.29, 1.82) is 0 Å². The maximum Gasteiger partial charge on any atom is 0.0660 e. The predicted octanol–water partition coefficient (Wildman–Crippen LogP) is 1.50. The number of rotatable bonds is 3. The SMILES string of the molecule is C#CC(C)NCc1cnccc1C. The van der Waals surface area contributed by atoms with Gasteiger partial charge in [0, 0.05) is 18.9 Å². The van der Waals surface area contributed by atoms with Gasteiger partial charge in [-0.2, -0.15) is 0 Å². The molecule has 1 rings (SSSR count). The average molecular weight is 174 g/mol. The Balaban J connectivity index is 2.56. The first-order valence-corrected chi connectivity index (χ1v) is 4.33. The highest BCUT2D eigenvalue weighted by Crippen LogP contribution is 2.04. The highest BCUT2D eigenvalue weighted by atomic mass is 14.9. The van der Waals surface area contributed by atoms with E-state index in [0.717, 1.165) is 6.54 Å². The lowest BCUT2D eigenvalue weighted by Crippen LogP contribution is -2.23. The van der Waals surface area contributed by atoms with Crippen LogP contribution in [0.15, 0.2) is 18.5 Å². The second-order valence-electron chi connectivity index (χ2n) is 3.07. The molecule has 0 amide bonds. The molecule has 1 heterocycles. The topological polar surface area (TPSA) is 24.9 Å². The molecule has 1 aromatic heterocycles. The molecule has 0 aliphatic rings. The van der Waals surface area contributed by atoms with Gasteiger partial charge in [-0.1, -0.05) is 5.92 Å². The lowest BCUT2D eigenvalue weighted by atomic mass is 10.1. The molecule has 0 aliphatic heterocycles. The molecule has 1 aromatic rings. The van der Waals surface area contributed by atoms with E-state index in [2.05, 4.69) is 23.1 Å². The van der Waals surface area contributed by atoms with Crippen LogP contribution in [0.3, 0.4) is 0 Å².